The zero-order valence-corrected chi connectivity index (χ0v) is 17.0. The van der Waals surface area contributed by atoms with E-state index in [0.29, 0.717) is 11.3 Å². The number of ether oxygens (including phenoxy) is 2. The predicted molar refractivity (Wildman–Crippen MR) is 107 cm³/mol. The van der Waals surface area contributed by atoms with Crippen LogP contribution in [-0.2, 0) is 16.0 Å². The molecular weight excluding hydrogens is 344 g/mol. The molecule has 1 aromatic heterocycles. The molecule has 146 valence electrons. The Balaban J connectivity index is 1.34. The average Bonchev–Trinajstić information content (AvgIpc) is 3.27. The van der Waals surface area contributed by atoms with Crippen LogP contribution < -0.4 is 0 Å². The number of piperidine rings is 1. The van der Waals surface area contributed by atoms with Crippen LogP contribution in [0.15, 0.2) is 16.8 Å². The first-order valence-electron chi connectivity index (χ1n) is 10.3. The average molecular weight is 379 g/mol. The van der Waals surface area contributed by atoms with Crippen LogP contribution in [0.2, 0.25) is 0 Å². The quantitative estimate of drug-likeness (QED) is 0.758. The molecule has 0 amide bonds. The second kappa shape index (κ2) is 8.70. The van der Waals surface area contributed by atoms with Crippen LogP contribution in [-0.4, -0.2) is 69.5 Å². The third kappa shape index (κ3) is 4.33. The maximum atomic E-state index is 5.64. The van der Waals surface area contributed by atoms with Gasteiger partial charge in [0, 0.05) is 52.4 Å². The maximum Gasteiger partial charge on any atom is 0.0508 e. The highest BCUT2D eigenvalue weighted by Crippen LogP contribution is 2.45. The van der Waals surface area contributed by atoms with E-state index in [0.717, 1.165) is 32.3 Å². The third-order valence-corrected chi connectivity index (χ3v) is 7.68. The molecule has 3 aliphatic heterocycles. The Labute approximate surface area is 162 Å². The summed E-state index contributed by atoms with van der Waals surface area (Å²) in [5, 5.41) is 4.49. The minimum Gasteiger partial charge on any atom is -0.384 e. The van der Waals surface area contributed by atoms with Crippen molar-refractivity contribution in [3.8, 4) is 0 Å². The molecule has 4 nitrogen and oxygen atoms in total. The molecule has 1 aromatic rings. The molecule has 3 saturated heterocycles. The standard InChI is InChI=1S/C21H34N2O2S/c1-24-15-20-14-23(12-18-2-9-25-10-3-18)17-21(20)5-7-22(8-6-21)13-19-4-11-26-16-19/h4,11,16,18,20H,2-3,5-10,12-15,17H2,1H3/t20-/m1/s1. The molecule has 26 heavy (non-hydrogen) atoms. The fourth-order valence-electron chi connectivity index (χ4n) is 5.37. The summed E-state index contributed by atoms with van der Waals surface area (Å²) in [6, 6.07) is 2.27. The van der Waals surface area contributed by atoms with Crippen molar-refractivity contribution in [2.45, 2.75) is 32.2 Å². The summed E-state index contributed by atoms with van der Waals surface area (Å²) in [4.78, 5) is 5.41. The number of likely N-dealkylation sites (tertiary alicyclic amines) is 2. The molecule has 0 unspecified atom stereocenters. The number of nitrogens with zero attached hydrogens (tertiary/aromatic N) is 2. The van der Waals surface area contributed by atoms with E-state index in [1.54, 1.807) is 0 Å². The van der Waals surface area contributed by atoms with Crippen molar-refractivity contribution >= 4 is 11.3 Å². The van der Waals surface area contributed by atoms with Crippen molar-refractivity contribution < 1.29 is 9.47 Å². The third-order valence-electron chi connectivity index (χ3n) is 6.95. The van der Waals surface area contributed by atoms with Crippen LogP contribution in [0.25, 0.3) is 0 Å². The SMILES string of the molecule is COC[C@H]1CN(CC2CCOCC2)CC12CCN(Cc1ccsc1)CC2. The van der Waals surface area contributed by atoms with Gasteiger partial charge in [0.25, 0.3) is 0 Å². The highest BCUT2D eigenvalue weighted by molar-refractivity contribution is 7.07. The van der Waals surface area contributed by atoms with Crippen LogP contribution >= 0.6 is 11.3 Å². The Morgan fingerprint density at radius 1 is 1.23 bits per heavy atom. The minimum atomic E-state index is 0.478. The van der Waals surface area contributed by atoms with Crippen molar-refractivity contribution in [3.05, 3.63) is 22.4 Å². The van der Waals surface area contributed by atoms with E-state index >= 15 is 0 Å². The molecule has 0 N–H and O–H groups in total. The van der Waals surface area contributed by atoms with Gasteiger partial charge in [-0.2, -0.15) is 11.3 Å². The summed E-state index contributed by atoms with van der Waals surface area (Å²) in [6.07, 6.45) is 5.14. The molecule has 5 heteroatoms. The molecule has 1 spiro atoms. The minimum absolute atomic E-state index is 0.478. The Morgan fingerprint density at radius 3 is 2.73 bits per heavy atom. The summed E-state index contributed by atoms with van der Waals surface area (Å²) in [5.41, 5.74) is 1.96. The fourth-order valence-corrected chi connectivity index (χ4v) is 6.03. The van der Waals surface area contributed by atoms with E-state index in [4.69, 9.17) is 9.47 Å². The predicted octanol–water partition coefficient (Wildman–Crippen LogP) is 3.34. The summed E-state index contributed by atoms with van der Waals surface area (Å²) >= 11 is 1.81. The zero-order valence-electron chi connectivity index (χ0n) is 16.2. The van der Waals surface area contributed by atoms with E-state index < -0.39 is 0 Å². The lowest BCUT2D eigenvalue weighted by molar-refractivity contribution is 0.0336. The molecule has 4 heterocycles. The van der Waals surface area contributed by atoms with Crippen molar-refractivity contribution in [2.75, 3.05) is 59.7 Å². The number of hydrogen-bond donors (Lipinski definition) is 0. The topological polar surface area (TPSA) is 24.9 Å². The molecule has 0 bridgehead atoms. The van der Waals surface area contributed by atoms with Gasteiger partial charge in [0.15, 0.2) is 0 Å². The van der Waals surface area contributed by atoms with Crippen molar-refractivity contribution in [1.29, 1.82) is 0 Å². The largest absolute Gasteiger partial charge is 0.384 e. The highest BCUT2D eigenvalue weighted by atomic mass is 32.1. The summed E-state index contributed by atoms with van der Waals surface area (Å²) in [7, 11) is 1.88. The van der Waals surface area contributed by atoms with Gasteiger partial charge in [-0.05, 0) is 72.5 Å². The smallest absolute Gasteiger partial charge is 0.0508 e. The van der Waals surface area contributed by atoms with Gasteiger partial charge in [-0.1, -0.05) is 0 Å². The Morgan fingerprint density at radius 2 is 2.04 bits per heavy atom. The van der Waals surface area contributed by atoms with Gasteiger partial charge in [-0.15, -0.1) is 0 Å². The Bertz CT molecular complexity index is 536. The van der Waals surface area contributed by atoms with Gasteiger partial charge in [-0.25, -0.2) is 0 Å². The molecule has 3 aliphatic rings. The van der Waals surface area contributed by atoms with Gasteiger partial charge < -0.3 is 14.4 Å². The lowest BCUT2D eigenvalue weighted by atomic mass is 9.71. The van der Waals surface area contributed by atoms with Gasteiger partial charge >= 0.3 is 0 Å². The zero-order chi connectivity index (χ0) is 17.8. The van der Waals surface area contributed by atoms with Crippen LogP contribution in [0.4, 0.5) is 0 Å². The molecule has 3 fully saturated rings. The Hall–Kier alpha value is -0.460. The monoisotopic (exact) mass is 378 g/mol. The van der Waals surface area contributed by atoms with Crippen LogP contribution in [0.5, 0.6) is 0 Å². The van der Waals surface area contributed by atoms with E-state index in [-0.39, 0.29) is 0 Å². The number of thiophene rings is 1. The maximum absolute atomic E-state index is 5.64. The molecular formula is C21H34N2O2S. The van der Waals surface area contributed by atoms with E-state index in [2.05, 4.69) is 26.6 Å². The second-order valence-corrected chi connectivity index (χ2v) is 9.45. The lowest BCUT2D eigenvalue weighted by Gasteiger charge is -2.42. The summed E-state index contributed by atoms with van der Waals surface area (Å²) in [5.74, 6) is 1.54. The number of rotatable bonds is 6. The van der Waals surface area contributed by atoms with Gasteiger partial charge in [0.2, 0.25) is 0 Å². The van der Waals surface area contributed by atoms with Gasteiger partial charge in [0.05, 0.1) is 6.61 Å². The van der Waals surface area contributed by atoms with Crippen LogP contribution in [0.3, 0.4) is 0 Å². The Kier molecular flexibility index (Phi) is 6.32. The van der Waals surface area contributed by atoms with Gasteiger partial charge in [-0.3, -0.25) is 4.90 Å². The first-order chi connectivity index (χ1) is 12.8. The molecule has 4 rings (SSSR count). The van der Waals surface area contributed by atoms with E-state index in [9.17, 15) is 0 Å². The number of hydrogen-bond acceptors (Lipinski definition) is 5. The van der Waals surface area contributed by atoms with Crippen molar-refractivity contribution in [2.24, 2.45) is 17.3 Å². The van der Waals surface area contributed by atoms with Crippen molar-refractivity contribution in [3.63, 3.8) is 0 Å². The van der Waals surface area contributed by atoms with E-state index in [1.165, 1.54) is 64.0 Å². The first-order valence-corrected chi connectivity index (χ1v) is 11.2. The van der Waals surface area contributed by atoms with Crippen molar-refractivity contribution in [1.82, 2.24) is 9.80 Å². The molecule has 0 aliphatic carbocycles. The molecule has 1 atom stereocenters. The van der Waals surface area contributed by atoms with E-state index in [1.807, 2.05) is 18.4 Å². The van der Waals surface area contributed by atoms with Crippen LogP contribution in [0, 0.1) is 17.3 Å². The summed E-state index contributed by atoms with van der Waals surface area (Å²) in [6.45, 7) is 10.2. The van der Waals surface area contributed by atoms with Crippen LogP contribution in [0.1, 0.15) is 31.2 Å². The normalized spacial score (nSPS) is 28.1. The first kappa shape index (κ1) is 18.9. The lowest BCUT2D eigenvalue weighted by Crippen LogP contribution is -2.45. The number of methoxy groups -OCH3 is 1. The second-order valence-electron chi connectivity index (χ2n) is 8.67. The molecule has 0 saturated carbocycles. The van der Waals surface area contributed by atoms with Gasteiger partial charge in [0.1, 0.15) is 0 Å². The molecule has 0 aromatic carbocycles. The molecule has 0 radical (unpaired) electrons. The highest BCUT2D eigenvalue weighted by Gasteiger charge is 2.47. The summed E-state index contributed by atoms with van der Waals surface area (Å²) < 4.78 is 11.2. The fraction of sp³-hybridized carbons (Fsp3) is 0.810.